The maximum Gasteiger partial charge on any atom is 0.0784 e. The number of aliphatic carboxylic acids is 1. The average molecular weight is 442 g/mol. The summed E-state index contributed by atoms with van der Waals surface area (Å²) in [6.07, 6.45) is 8.73. The van der Waals surface area contributed by atoms with Crippen molar-refractivity contribution in [2.45, 2.75) is 59.3 Å². The smallest absolute Gasteiger partial charge is 0.0784 e. The van der Waals surface area contributed by atoms with Crippen molar-refractivity contribution in [1.82, 2.24) is 0 Å². The van der Waals surface area contributed by atoms with Gasteiger partial charge in [0.2, 0.25) is 0 Å². The van der Waals surface area contributed by atoms with Crippen molar-refractivity contribution >= 4 is 5.97 Å². The Bertz CT molecular complexity index is 271. The fourth-order valence-corrected chi connectivity index (χ4v) is 3.18. The first-order valence-electron chi connectivity index (χ1n) is 9.11. The molecule has 2 rings (SSSR count). The molecule has 2 aliphatic rings. The van der Waals surface area contributed by atoms with E-state index in [4.69, 9.17) is 9.90 Å². The number of halogens is 1. The van der Waals surface area contributed by atoms with Crippen molar-refractivity contribution < 1.29 is 42.8 Å². The number of carbonyl (C=O) groups is 1. The van der Waals surface area contributed by atoms with Gasteiger partial charge in [-0.25, -0.2) is 0 Å². The fraction of sp³-hybridized carbons (Fsp3) is 0.944. The maximum absolute atomic E-state index is 8.89. The summed E-state index contributed by atoms with van der Waals surface area (Å²) in [5.74, 6) is -1.08. The van der Waals surface area contributed by atoms with Gasteiger partial charge in [0.15, 0.2) is 0 Å². The SMILES string of the molecule is CC(=O)[O-].CC[N+]1(C)CCCCC1.CC[N+]1(C)CCCCC1.[I-]. The lowest BCUT2D eigenvalue weighted by molar-refractivity contribution is -0.912. The molecule has 0 aliphatic carbocycles. The van der Waals surface area contributed by atoms with Crippen LogP contribution < -0.4 is 29.1 Å². The van der Waals surface area contributed by atoms with E-state index in [1.165, 1.54) is 86.8 Å². The number of likely N-dealkylation sites (tertiary alicyclic amines) is 2. The van der Waals surface area contributed by atoms with Gasteiger partial charge in [0.25, 0.3) is 0 Å². The molecule has 0 aromatic heterocycles. The molecule has 0 amide bonds. The van der Waals surface area contributed by atoms with Crippen molar-refractivity contribution in [3.05, 3.63) is 0 Å². The van der Waals surface area contributed by atoms with Crippen molar-refractivity contribution in [3.63, 3.8) is 0 Å². The highest BCUT2D eigenvalue weighted by Gasteiger charge is 2.22. The van der Waals surface area contributed by atoms with Crippen LogP contribution in [0.2, 0.25) is 0 Å². The molecule has 2 heterocycles. The summed E-state index contributed by atoms with van der Waals surface area (Å²) >= 11 is 0. The van der Waals surface area contributed by atoms with Gasteiger partial charge >= 0.3 is 0 Å². The Balaban J connectivity index is 0. The molecule has 0 N–H and O–H groups in total. The minimum absolute atomic E-state index is 0. The van der Waals surface area contributed by atoms with Crippen LogP contribution in [-0.2, 0) is 4.79 Å². The first-order chi connectivity index (χ1) is 10.3. The highest BCUT2D eigenvalue weighted by atomic mass is 127. The van der Waals surface area contributed by atoms with Crippen molar-refractivity contribution in [3.8, 4) is 0 Å². The third-order valence-electron chi connectivity index (χ3n) is 5.32. The largest absolute Gasteiger partial charge is 1.00 e. The van der Waals surface area contributed by atoms with Crippen molar-refractivity contribution in [2.24, 2.45) is 0 Å². The molecule has 0 unspecified atom stereocenters. The number of hydrogen-bond acceptors (Lipinski definition) is 2. The lowest BCUT2D eigenvalue weighted by Gasteiger charge is -2.36. The predicted molar refractivity (Wildman–Crippen MR) is 91.3 cm³/mol. The summed E-state index contributed by atoms with van der Waals surface area (Å²) in [4.78, 5) is 8.89. The Kier molecular flexibility index (Phi) is 14.8. The van der Waals surface area contributed by atoms with E-state index < -0.39 is 5.97 Å². The molecule has 0 radical (unpaired) electrons. The second-order valence-electron chi connectivity index (χ2n) is 7.38. The van der Waals surface area contributed by atoms with E-state index in [0.29, 0.717) is 0 Å². The highest BCUT2D eigenvalue weighted by Crippen LogP contribution is 2.15. The van der Waals surface area contributed by atoms with Gasteiger partial charge in [0.1, 0.15) is 0 Å². The molecule has 0 bridgehead atoms. The summed E-state index contributed by atoms with van der Waals surface area (Å²) < 4.78 is 2.64. The molecule has 2 fully saturated rings. The van der Waals surface area contributed by atoms with Crippen LogP contribution in [0.25, 0.3) is 0 Å². The molecule has 2 aliphatic heterocycles. The molecule has 0 atom stereocenters. The van der Waals surface area contributed by atoms with Crippen LogP contribution in [-0.4, -0.2) is 68.3 Å². The molecule has 0 aromatic rings. The highest BCUT2D eigenvalue weighted by molar-refractivity contribution is 5.60. The normalized spacial score (nSPS) is 21.4. The molecular weight excluding hydrogens is 403 g/mol. The van der Waals surface area contributed by atoms with E-state index in [2.05, 4.69) is 27.9 Å². The summed E-state index contributed by atoms with van der Waals surface area (Å²) in [6.45, 7) is 13.9. The molecule has 140 valence electrons. The predicted octanol–water partition coefficient (Wildman–Crippen LogP) is -0.966. The molecule has 0 spiro atoms. The van der Waals surface area contributed by atoms with Crippen LogP contribution >= 0.6 is 0 Å². The second kappa shape index (κ2) is 13.4. The lowest BCUT2D eigenvalue weighted by Crippen LogP contribution is -3.00. The van der Waals surface area contributed by atoms with E-state index in [9.17, 15) is 0 Å². The maximum atomic E-state index is 8.89. The topological polar surface area (TPSA) is 40.1 Å². The van der Waals surface area contributed by atoms with Crippen LogP contribution in [0, 0.1) is 0 Å². The van der Waals surface area contributed by atoms with E-state index in [-0.39, 0.29) is 24.0 Å². The van der Waals surface area contributed by atoms with E-state index >= 15 is 0 Å². The molecule has 2 saturated heterocycles. The Morgan fingerprint density at radius 2 is 1.00 bits per heavy atom. The van der Waals surface area contributed by atoms with Gasteiger partial charge in [0.05, 0.1) is 53.4 Å². The molecule has 4 nitrogen and oxygen atoms in total. The number of quaternary nitrogens is 2. The van der Waals surface area contributed by atoms with Crippen LogP contribution in [0.3, 0.4) is 0 Å². The average Bonchev–Trinajstić information content (AvgIpc) is 2.49. The fourth-order valence-electron chi connectivity index (χ4n) is 3.18. The number of carboxylic acids is 1. The third kappa shape index (κ3) is 13.1. The zero-order chi connectivity index (χ0) is 17.1. The van der Waals surface area contributed by atoms with Gasteiger partial charge < -0.3 is 42.8 Å². The Morgan fingerprint density at radius 3 is 1.13 bits per heavy atom. The van der Waals surface area contributed by atoms with Gasteiger partial charge in [-0.2, -0.15) is 0 Å². The third-order valence-corrected chi connectivity index (χ3v) is 5.32. The van der Waals surface area contributed by atoms with Crippen molar-refractivity contribution in [1.29, 1.82) is 0 Å². The Morgan fingerprint density at radius 1 is 0.783 bits per heavy atom. The van der Waals surface area contributed by atoms with Gasteiger partial charge in [-0.15, -0.1) is 0 Å². The molecule has 5 heteroatoms. The zero-order valence-electron chi connectivity index (χ0n) is 16.1. The Hall–Kier alpha value is 0.120. The second-order valence-corrected chi connectivity index (χ2v) is 7.38. The summed E-state index contributed by atoms with van der Waals surface area (Å²) in [5.41, 5.74) is 0. The lowest BCUT2D eigenvalue weighted by atomic mass is 10.1. The van der Waals surface area contributed by atoms with E-state index in [1.54, 1.807) is 0 Å². The summed E-state index contributed by atoms with van der Waals surface area (Å²) in [6, 6.07) is 0. The molecule has 0 aromatic carbocycles. The van der Waals surface area contributed by atoms with Gasteiger partial charge in [0, 0.05) is 5.97 Å². The number of carbonyl (C=O) groups excluding carboxylic acids is 1. The Labute approximate surface area is 161 Å². The first-order valence-corrected chi connectivity index (χ1v) is 9.11. The number of nitrogens with zero attached hydrogens (tertiary/aromatic N) is 2. The minimum Gasteiger partial charge on any atom is -1.00 e. The molecule has 0 saturated carbocycles. The molecular formula is C18H39IN2O2. The summed E-state index contributed by atoms with van der Waals surface area (Å²) in [7, 11) is 4.75. The minimum atomic E-state index is -1.08. The quantitative estimate of drug-likeness (QED) is 0.408. The number of rotatable bonds is 2. The van der Waals surface area contributed by atoms with Crippen LogP contribution in [0.15, 0.2) is 0 Å². The number of carboxylic acid groups (broad SMARTS) is 1. The van der Waals surface area contributed by atoms with Gasteiger partial charge in [-0.3, -0.25) is 0 Å². The number of piperidine rings is 2. The summed E-state index contributed by atoms with van der Waals surface area (Å²) in [5, 5.41) is 8.89. The first kappa shape index (κ1) is 25.4. The van der Waals surface area contributed by atoms with E-state index in [1.807, 2.05) is 0 Å². The van der Waals surface area contributed by atoms with Crippen molar-refractivity contribution in [2.75, 3.05) is 53.4 Å². The van der Waals surface area contributed by atoms with Gasteiger partial charge in [-0.05, 0) is 59.3 Å². The zero-order valence-corrected chi connectivity index (χ0v) is 18.2. The van der Waals surface area contributed by atoms with Crippen LogP contribution in [0.4, 0.5) is 0 Å². The number of hydrogen-bond donors (Lipinski definition) is 0. The molecule has 23 heavy (non-hydrogen) atoms. The monoisotopic (exact) mass is 442 g/mol. The van der Waals surface area contributed by atoms with Gasteiger partial charge in [-0.1, -0.05) is 0 Å². The van der Waals surface area contributed by atoms with Crippen LogP contribution in [0.1, 0.15) is 59.3 Å². The van der Waals surface area contributed by atoms with Crippen LogP contribution in [0.5, 0.6) is 0 Å². The van der Waals surface area contributed by atoms with E-state index in [0.717, 1.165) is 6.92 Å². The standard InChI is InChI=1S/2C8H18N.C2H4O2.HI/c2*1-3-9(2)7-5-4-6-8-9;1-2(3)4;/h2*3-8H2,1-2H3;1H3,(H,3,4);1H/q2*+1;;/p-2.